The molecule has 0 spiro atoms. The number of alkyl halides is 3. The normalized spacial score (nSPS) is 11.6. The molecule has 0 unspecified atom stereocenters. The van der Waals surface area contributed by atoms with Gasteiger partial charge in [-0.1, -0.05) is 0 Å². The molecule has 1 aromatic heterocycles. The van der Waals surface area contributed by atoms with Crippen LogP contribution < -0.4 is 5.73 Å². The minimum atomic E-state index is -4.68. The van der Waals surface area contributed by atoms with E-state index < -0.39 is 17.8 Å². The van der Waals surface area contributed by atoms with Gasteiger partial charge in [-0.05, 0) is 30.7 Å². The second kappa shape index (κ2) is 4.49. The Labute approximate surface area is 106 Å². The summed E-state index contributed by atoms with van der Waals surface area (Å²) in [5, 5.41) is 0. The SMILES string of the molecule is Cc1cc(F)ccc1-c1cc(N)nc(C(F)(F)F)n1. The zero-order chi connectivity index (χ0) is 14.2. The fourth-order valence-electron chi connectivity index (χ4n) is 1.65. The van der Waals surface area contributed by atoms with Crippen molar-refractivity contribution in [2.24, 2.45) is 0 Å². The third-order valence-corrected chi connectivity index (χ3v) is 2.46. The number of nitrogen functional groups attached to an aromatic ring is 1. The van der Waals surface area contributed by atoms with Crippen molar-refractivity contribution in [1.82, 2.24) is 9.97 Å². The summed E-state index contributed by atoms with van der Waals surface area (Å²) in [5.41, 5.74) is 6.20. The minimum absolute atomic E-state index is 0.0114. The number of aromatic nitrogens is 2. The Kier molecular flexibility index (Phi) is 3.13. The van der Waals surface area contributed by atoms with Crippen LogP contribution in [0.4, 0.5) is 23.4 Å². The number of halogens is 4. The molecule has 0 aliphatic carbocycles. The van der Waals surface area contributed by atoms with E-state index in [2.05, 4.69) is 9.97 Å². The van der Waals surface area contributed by atoms with E-state index in [1.54, 1.807) is 6.92 Å². The Morgan fingerprint density at radius 2 is 1.79 bits per heavy atom. The second-order valence-electron chi connectivity index (χ2n) is 3.96. The van der Waals surface area contributed by atoms with Gasteiger partial charge in [0.05, 0.1) is 5.69 Å². The lowest BCUT2D eigenvalue weighted by atomic mass is 10.1. The lowest BCUT2D eigenvalue weighted by molar-refractivity contribution is -0.144. The maximum atomic E-state index is 13.0. The predicted molar refractivity (Wildman–Crippen MR) is 61.6 cm³/mol. The first-order valence-corrected chi connectivity index (χ1v) is 5.25. The minimum Gasteiger partial charge on any atom is -0.384 e. The van der Waals surface area contributed by atoms with Gasteiger partial charge in [-0.3, -0.25) is 0 Å². The van der Waals surface area contributed by atoms with Gasteiger partial charge in [-0.2, -0.15) is 13.2 Å². The summed E-state index contributed by atoms with van der Waals surface area (Å²) < 4.78 is 50.7. The molecule has 0 atom stereocenters. The van der Waals surface area contributed by atoms with Crippen LogP contribution >= 0.6 is 0 Å². The number of aryl methyl sites for hydroxylation is 1. The van der Waals surface area contributed by atoms with Gasteiger partial charge in [0.2, 0.25) is 5.82 Å². The summed E-state index contributed by atoms with van der Waals surface area (Å²) in [5.74, 6) is -2.08. The lowest BCUT2D eigenvalue weighted by Gasteiger charge is -2.10. The molecular weight excluding hydrogens is 262 g/mol. The molecule has 2 rings (SSSR count). The van der Waals surface area contributed by atoms with Crippen LogP contribution in [0.15, 0.2) is 24.3 Å². The molecule has 0 saturated carbocycles. The molecule has 100 valence electrons. The number of rotatable bonds is 1. The monoisotopic (exact) mass is 271 g/mol. The first-order valence-electron chi connectivity index (χ1n) is 5.25. The summed E-state index contributed by atoms with van der Waals surface area (Å²) in [6.07, 6.45) is -4.68. The molecule has 19 heavy (non-hydrogen) atoms. The first kappa shape index (κ1) is 13.3. The van der Waals surface area contributed by atoms with Crippen LogP contribution in [0.25, 0.3) is 11.3 Å². The number of hydrogen-bond donors (Lipinski definition) is 1. The van der Waals surface area contributed by atoms with Gasteiger partial charge in [0.15, 0.2) is 0 Å². The van der Waals surface area contributed by atoms with Gasteiger partial charge in [0.25, 0.3) is 0 Å². The van der Waals surface area contributed by atoms with Gasteiger partial charge in [0, 0.05) is 11.6 Å². The molecule has 0 saturated heterocycles. The third-order valence-electron chi connectivity index (χ3n) is 2.46. The molecule has 0 aliphatic rings. The van der Waals surface area contributed by atoms with Crippen LogP contribution in [-0.4, -0.2) is 9.97 Å². The number of benzene rings is 1. The van der Waals surface area contributed by atoms with E-state index in [-0.39, 0.29) is 11.5 Å². The molecule has 2 aromatic rings. The van der Waals surface area contributed by atoms with E-state index in [1.165, 1.54) is 18.2 Å². The largest absolute Gasteiger partial charge is 0.451 e. The van der Waals surface area contributed by atoms with Gasteiger partial charge in [-0.25, -0.2) is 14.4 Å². The highest BCUT2D eigenvalue weighted by Gasteiger charge is 2.35. The molecule has 7 heteroatoms. The van der Waals surface area contributed by atoms with Crippen molar-refractivity contribution in [3.8, 4) is 11.3 Å². The van der Waals surface area contributed by atoms with Crippen molar-refractivity contribution >= 4 is 5.82 Å². The number of nitrogens with two attached hydrogens (primary N) is 1. The van der Waals surface area contributed by atoms with Crippen molar-refractivity contribution in [2.75, 3.05) is 5.73 Å². The summed E-state index contributed by atoms with van der Waals surface area (Å²) in [4.78, 5) is 6.57. The van der Waals surface area contributed by atoms with Gasteiger partial charge in [-0.15, -0.1) is 0 Å². The Morgan fingerprint density at radius 3 is 2.37 bits per heavy atom. The van der Waals surface area contributed by atoms with Crippen molar-refractivity contribution in [3.05, 3.63) is 41.5 Å². The van der Waals surface area contributed by atoms with Crippen molar-refractivity contribution in [2.45, 2.75) is 13.1 Å². The standard InChI is InChI=1S/C12H9F4N3/c1-6-4-7(13)2-3-8(6)9-5-10(17)19-11(18-9)12(14,15)16/h2-5H,1H3,(H2,17,18,19). The first-order chi connectivity index (χ1) is 8.77. The Hall–Kier alpha value is -2.18. The molecule has 0 radical (unpaired) electrons. The molecule has 2 N–H and O–H groups in total. The fraction of sp³-hybridized carbons (Fsp3) is 0.167. The summed E-state index contributed by atoms with van der Waals surface area (Å²) in [6, 6.07) is 4.93. The molecule has 0 bridgehead atoms. The Morgan fingerprint density at radius 1 is 1.11 bits per heavy atom. The van der Waals surface area contributed by atoms with Gasteiger partial charge < -0.3 is 5.73 Å². The summed E-state index contributed by atoms with van der Waals surface area (Å²) in [6.45, 7) is 1.57. The Balaban J connectivity index is 2.59. The quantitative estimate of drug-likeness (QED) is 0.810. The molecule has 1 aromatic carbocycles. The van der Waals surface area contributed by atoms with Crippen molar-refractivity contribution < 1.29 is 17.6 Å². The van der Waals surface area contributed by atoms with Crippen LogP contribution in [0.1, 0.15) is 11.4 Å². The van der Waals surface area contributed by atoms with Crippen LogP contribution in [-0.2, 0) is 6.18 Å². The average molecular weight is 271 g/mol. The highest BCUT2D eigenvalue weighted by molar-refractivity contribution is 5.65. The molecule has 0 aliphatic heterocycles. The summed E-state index contributed by atoms with van der Waals surface area (Å²) >= 11 is 0. The second-order valence-corrected chi connectivity index (χ2v) is 3.96. The van der Waals surface area contributed by atoms with E-state index >= 15 is 0 Å². The summed E-state index contributed by atoms with van der Waals surface area (Å²) in [7, 11) is 0. The number of nitrogens with zero attached hydrogens (tertiary/aromatic N) is 2. The third kappa shape index (κ3) is 2.81. The van der Waals surface area contributed by atoms with E-state index in [4.69, 9.17) is 5.73 Å². The topological polar surface area (TPSA) is 51.8 Å². The highest BCUT2D eigenvalue weighted by Crippen LogP contribution is 2.30. The maximum Gasteiger partial charge on any atom is 0.451 e. The van der Waals surface area contributed by atoms with Gasteiger partial charge >= 0.3 is 6.18 Å². The van der Waals surface area contributed by atoms with Crippen LogP contribution in [0.3, 0.4) is 0 Å². The molecule has 1 heterocycles. The van der Waals surface area contributed by atoms with E-state index in [9.17, 15) is 17.6 Å². The van der Waals surface area contributed by atoms with E-state index in [0.29, 0.717) is 11.1 Å². The van der Waals surface area contributed by atoms with E-state index in [1.807, 2.05) is 0 Å². The zero-order valence-corrected chi connectivity index (χ0v) is 9.79. The number of hydrogen-bond acceptors (Lipinski definition) is 3. The highest BCUT2D eigenvalue weighted by atomic mass is 19.4. The van der Waals surface area contributed by atoms with Crippen LogP contribution in [0, 0.1) is 12.7 Å². The smallest absolute Gasteiger partial charge is 0.384 e. The fourth-order valence-corrected chi connectivity index (χ4v) is 1.65. The molecule has 0 fully saturated rings. The Bertz CT molecular complexity index is 623. The molecular formula is C12H9F4N3. The van der Waals surface area contributed by atoms with Crippen LogP contribution in [0.2, 0.25) is 0 Å². The molecule has 3 nitrogen and oxygen atoms in total. The predicted octanol–water partition coefficient (Wildman–Crippen LogP) is 3.19. The average Bonchev–Trinajstić information content (AvgIpc) is 2.26. The van der Waals surface area contributed by atoms with Crippen LogP contribution in [0.5, 0.6) is 0 Å². The van der Waals surface area contributed by atoms with Gasteiger partial charge in [0.1, 0.15) is 11.6 Å². The zero-order valence-electron chi connectivity index (χ0n) is 9.79. The van der Waals surface area contributed by atoms with Crippen molar-refractivity contribution in [1.29, 1.82) is 0 Å². The lowest BCUT2D eigenvalue weighted by Crippen LogP contribution is -2.13. The molecule has 0 amide bonds. The number of anilines is 1. The van der Waals surface area contributed by atoms with Crippen molar-refractivity contribution in [3.63, 3.8) is 0 Å². The maximum absolute atomic E-state index is 13.0. The van der Waals surface area contributed by atoms with E-state index in [0.717, 1.165) is 6.07 Å².